The first-order valence-electron chi connectivity index (χ1n) is 4.40. The van der Waals surface area contributed by atoms with Crippen LogP contribution in [0.3, 0.4) is 0 Å². The van der Waals surface area contributed by atoms with Crippen molar-refractivity contribution in [1.82, 2.24) is 0 Å². The third-order valence-corrected chi connectivity index (χ3v) is 2.47. The molecule has 5 heteroatoms. The second-order valence-corrected chi connectivity index (χ2v) is 3.26. The molecule has 0 saturated carbocycles. The minimum absolute atomic E-state index is 0.00306. The fraction of sp³-hybridized carbons (Fsp3) is 1.00. The molecule has 4 atom stereocenters. The van der Waals surface area contributed by atoms with E-state index in [0.29, 0.717) is 0 Å². The first-order valence-corrected chi connectivity index (χ1v) is 4.40. The van der Waals surface area contributed by atoms with Crippen molar-refractivity contribution in [3.63, 3.8) is 0 Å². The molecule has 4 unspecified atom stereocenters. The Kier molecular flexibility index (Phi) is 2.80. The van der Waals surface area contributed by atoms with Gasteiger partial charge in [0.1, 0.15) is 31.9 Å². The van der Waals surface area contributed by atoms with Gasteiger partial charge in [0.25, 0.3) is 0 Å². The first kappa shape index (κ1) is 9.36. The highest BCUT2D eigenvalue weighted by Crippen LogP contribution is 2.25. The molecular formula is C8H14O5. The van der Waals surface area contributed by atoms with Crippen LogP contribution in [0.1, 0.15) is 6.92 Å². The number of hydrogen-bond donors (Lipinski definition) is 1. The fourth-order valence-corrected chi connectivity index (χ4v) is 1.69. The van der Waals surface area contributed by atoms with E-state index in [-0.39, 0.29) is 44.6 Å². The molecule has 13 heavy (non-hydrogen) atoms. The molecule has 0 aromatic carbocycles. The average molecular weight is 190 g/mol. The van der Waals surface area contributed by atoms with E-state index in [9.17, 15) is 0 Å². The Labute approximate surface area is 76.5 Å². The summed E-state index contributed by atoms with van der Waals surface area (Å²) >= 11 is 0. The van der Waals surface area contributed by atoms with E-state index in [1.54, 1.807) is 0 Å². The minimum atomic E-state index is -0.287. The second kappa shape index (κ2) is 3.89. The van der Waals surface area contributed by atoms with Crippen LogP contribution in [0.2, 0.25) is 0 Å². The summed E-state index contributed by atoms with van der Waals surface area (Å²) in [5.41, 5.74) is 0. The van der Waals surface area contributed by atoms with E-state index in [4.69, 9.17) is 24.1 Å². The van der Waals surface area contributed by atoms with Gasteiger partial charge in [-0.25, -0.2) is 0 Å². The van der Waals surface area contributed by atoms with Gasteiger partial charge in [-0.1, -0.05) is 0 Å². The zero-order valence-corrected chi connectivity index (χ0v) is 7.51. The van der Waals surface area contributed by atoms with Crippen molar-refractivity contribution in [3.05, 3.63) is 0 Å². The Morgan fingerprint density at radius 3 is 2.54 bits per heavy atom. The van der Waals surface area contributed by atoms with Crippen LogP contribution in [0.4, 0.5) is 0 Å². The Morgan fingerprint density at radius 2 is 1.77 bits per heavy atom. The zero-order valence-electron chi connectivity index (χ0n) is 7.51. The number of hydrogen-bond acceptors (Lipinski definition) is 5. The molecule has 0 aliphatic carbocycles. The van der Waals surface area contributed by atoms with Crippen molar-refractivity contribution in [1.29, 1.82) is 0 Å². The molecule has 2 saturated heterocycles. The number of aliphatic hydroxyl groups is 1. The molecule has 0 aromatic heterocycles. The van der Waals surface area contributed by atoms with Gasteiger partial charge in [0.05, 0.1) is 12.7 Å². The lowest BCUT2D eigenvalue weighted by atomic mass is 10.0. The Bertz CT molecular complexity index is 174. The zero-order chi connectivity index (χ0) is 9.26. The predicted octanol–water partition coefficient (Wildman–Crippen LogP) is -0.518. The maximum atomic E-state index is 9.01. The van der Waals surface area contributed by atoms with Crippen molar-refractivity contribution < 1.29 is 24.1 Å². The lowest BCUT2D eigenvalue weighted by molar-refractivity contribution is -0.322. The molecule has 5 nitrogen and oxygen atoms in total. The molecule has 0 aromatic rings. The van der Waals surface area contributed by atoms with E-state index in [0.717, 1.165) is 0 Å². The quantitative estimate of drug-likeness (QED) is 0.603. The lowest BCUT2D eigenvalue weighted by Crippen LogP contribution is -2.57. The van der Waals surface area contributed by atoms with Gasteiger partial charge in [-0.15, -0.1) is 0 Å². The third-order valence-electron chi connectivity index (χ3n) is 2.47. The summed E-state index contributed by atoms with van der Waals surface area (Å²) in [7, 11) is 0. The van der Waals surface area contributed by atoms with Gasteiger partial charge < -0.3 is 24.1 Å². The first-order chi connectivity index (χ1) is 6.33. The Morgan fingerprint density at radius 1 is 1.08 bits per heavy atom. The highest BCUT2D eigenvalue weighted by atomic mass is 16.8. The van der Waals surface area contributed by atoms with Crippen LogP contribution in [0, 0.1) is 0 Å². The highest BCUT2D eigenvalue weighted by Gasteiger charge is 2.42. The summed E-state index contributed by atoms with van der Waals surface area (Å²) in [5.74, 6) is 0. The standard InChI is InChI=1S/C8H14O5/c1-5-7-8(13-3-10-5)6(2-9)11-4-12-7/h5-9H,2-4H2,1H3. The molecule has 1 N–H and O–H groups in total. The molecule has 0 bridgehead atoms. The molecule has 2 rings (SSSR count). The van der Waals surface area contributed by atoms with Crippen LogP contribution in [0.25, 0.3) is 0 Å². The molecule has 2 fully saturated rings. The summed E-state index contributed by atoms with van der Waals surface area (Å²) < 4.78 is 21.1. The molecule has 2 heterocycles. The third kappa shape index (κ3) is 1.70. The van der Waals surface area contributed by atoms with Crippen molar-refractivity contribution in [2.45, 2.75) is 31.3 Å². The molecule has 0 radical (unpaired) electrons. The molecule has 0 spiro atoms. The maximum absolute atomic E-state index is 9.01. The Hall–Kier alpha value is -0.200. The van der Waals surface area contributed by atoms with Gasteiger partial charge in [0, 0.05) is 0 Å². The van der Waals surface area contributed by atoms with Crippen LogP contribution >= 0.6 is 0 Å². The largest absolute Gasteiger partial charge is 0.394 e. The molecule has 76 valence electrons. The second-order valence-electron chi connectivity index (χ2n) is 3.26. The fourth-order valence-electron chi connectivity index (χ4n) is 1.69. The normalized spacial score (nSPS) is 45.7. The Balaban J connectivity index is 2.05. The number of ether oxygens (including phenoxy) is 4. The van der Waals surface area contributed by atoms with Crippen LogP contribution in [0.5, 0.6) is 0 Å². The summed E-state index contributed by atoms with van der Waals surface area (Å²) in [6.45, 7) is 2.33. The van der Waals surface area contributed by atoms with Gasteiger partial charge in [0.2, 0.25) is 0 Å². The number of aliphatic hydroxyl groups excluding tert-OH is 1. The summed E-state index contributed by atoms with van der Waals surface area (Å²) in [6.07, 6.45) is -0.621. The van der Waals surface area contributed by atoms with Gasteiger partial charge in [-0.05, 0) is 6.92 Å². The minimum Gasteiger partial charge on any atom is -0.394 e. The molecular weight excluding hydrogens is 176 g/mol. The van der Waals surface area contributed by atoms with Gasteiger partial charge in [-0.2, -0.15) is 0 Å². The van der Waals surface area contributed by atoms with E-state index < -0.39 is 0 Å². The summed E-state index contributed by atoms with van der Waals surface area (Å²) in [6, 6.07) is 0. The topological polar surface area (TPSA) is 57.2 Å². The van der Waals surface area contributed by atoms with Gasteiger partial charge in [0.15, 0.2) is 0 Å². The van der Waals surface area contributed by atoms with Crippen molar-refractivity contribution in [3.8, 4) is 0 Å². The van der Waals surface area contributed by atoms with Gasteiger partial charge >= 0.3 is 0 Å². The van der Waals surface area contributed by atoms with Crippen molar-refractivity contribution in [2.75, 3.05) is 20.2 Å². The van der Waals surface area contributed by atoms with E-state index in [1.807, 2.05) is 6.92 Å². The van der Waals surface area contributed by atoms with Crippen LogP contribution in [0.15, 0.2) is 0 Å². The molecule has 0 amide bonds. The molecule has 2 aliphatic heterocycles. The smallest absolute Gasteiger partial charge is 0.147 e. The highest BCUT2D eigenvalue weighted by molar-refractivity contribution is 4.87. The van der Waals surface area contributed by atoms with Gasteiger partial charge in [-0.3, -0.25) is 0 Å². The van der Waals surface area contributed by atoms with E-state index in [1.165, 1.54) is 0 Å². The number of rotatable bonds is 1. The van der Waals surface area contributed by atoms with E-state index in [2.05, 4.69) is 0 Å². The van der Waals surface area contributed by atoms with E-state index >= 15 is 0 Å². The average Bonchev–Trinajstić information content (AvgIpc) is 2.18. The SMILES string of the molecule is CC1OCOC2C(CO)OCOC12. The lowest BCUT2D eigenvalue weighted by Gasteiger charge is -2.42. The summed E-state index contributed by atoms with van der Waals surface area (Å²) in [4.78, 5) is 0. The molecule has 2 aliphatic rings. The summed E-state index contributed by atoms with van der Waals surface area (Å²) in [5, 5.41) is 9.01. The monoisotopic (exact) mass is 190 g/mol. The predicted molar refractivity (Wildman–Crippen MR) is 42.0 cm³/mol. The van der Waals surface area contributed by atoms with Crippen LogP contribution in [-0.2, 0) is 18.9 Å². The van der Waals surface area contributed by atoms with Crippen LogP contribution in [-0.4, -0.2) is 49.7 Å². The number of fused-ring (bicyclic) bond motifs is 1. The van der Waals surface area contributed by atoms with Crippen LogP contribution < -0.4 is 0 Å². The maximum Gasteiger partial charge on any atom is 0.147 e. The van der Waals surface area contributed by atoms with Crippen molar-refractivity contribution >= 4 is 0 Å². The van der Waals surface area contributed by atoms with Crippen molar-refractivity contribution in [2.24, 2.45) is 0 Å².